The summed E-state index contributed by atoms with van der Waals surface area (Å²) in [6, 6.07) is 0.805. The van der Waals surface area contributed by atoms with Crippen molar-refractivity contribution in [3.8, 4) is 0 Å². The molecule has 0 amide bonds. The van der Waals surface area contributed by atoms with Crippen molar-refractivity contribution < 1.29 is 8.42 Å². The van der Waals surface area contributed by atoms with E-state index in [0.29, 0.717) is 11.8 Å². The molecule has 4 nitrogen and oxygen atoms in total. The lowest BCUT2D eigenvalue weighted by atomic mass is 10.1. The summed E-state index contributed by atoms with van der Waals surface area (Å²) < 4.78 is 23.8. The third-order valence-electron chi connectivity index (χ3n) is 3.87. The van der Waals surface area contributed by atoms with Crippen LogP contribution in [-0.4, -0.2) is 61.6 Å². The summed E-state index contributed by atoms with van der Waals surface area (Å²) in [5.74, 6) is 1.73. The fourth-order valence-electron chi connectivity index (χ4n) is 2.50. The molecule has 0 aliphatic carbocycles. The maximum absolute atomic E-state index is 11.9. The smallest absolute Gasteiger partial charge is 0.164 e. The lowest BCUT2D eigenvalue weighted by Crippen LogP contribution is -2.54. The molecular weight excluding hydrogens is 280 g/mol. The van der Waals surface area contributed by atoms with E-state index >= 15 is 0 Å². The molecule has 2 unspecified atom stereocenters. The van der Waals surface area contributed by atoms with E-state index in [2.05, 4.69) is 31.0 Å². The van der Waals surface area contributed by atoms with E-state index < -0.39 is 9.84 Å². The van der Waals surface area contributed by atoms with Crippen molar-refractivity contribution >= 4 is 21.6 Å². The predicted molar refractivity (Wildman–Crippen MR) is 84.5 cm³/mol. The summed E-state index contributed by atoms with van der Waals surface area (Å²) in [5.41, 5.74) is 0. The molecule has 0 radical (unpaired) electrons. The highest BCUT2D eigenvalue weighted by molar-refractivity contribution is 8.00. The molecule has 1 fully saturated rings. The largest absolute Gasteiger partial charge is 0.312 e. The average molecular weight is 309 g/mol. The lowest BCUT2D eigenvalue weighted by molar-refractivity contribution is 0.196. The second-order valence-corrected chi connectivity index (χ2v) is 8.72. The number of hydrogen-bond acceptors (Lipinski definition) is 5. The summed E-state index contributed by atoms with van der Waals surface area (Å²) in [7, 11) is -2.99. The average Bonchev–Trinajstić information content (AvgIpc) is 2.38. The molecule has 6 heteroatoms. The van der Waals surface area contributed by atoms with Gasteiger partial charge >= 0.3 is 0 Å². The minimum Gasteiger partial charge on any atom is -0.312 e. The van der Waals surface area contributed by atoms with Crippen LogP contribution in [0.25, 0.3) is 0 Å². The number of nitrogens with one attached hydrogen (secondary N) is 1. The van der Waals surface area contributed by atoms with Crippen LogP contribution < -0.4 is 5.32 Å². The van der Waals surface area contributed by atoms with E-state index in [4.69, 9.17) is 0 Å². The Morgan fingerprint density at radius 1 is 1.37 bits per heavy atom. The number of nitrogens with zero attached hydrogens (tertiary/aromatic N) is 1. The summed E-state index contributed by atoms with van der Waals surface area (Å²) in [6.45, 7) is 8.23. The predicted octanol–water partition coefficient (Wildman–Crippen LogP) is 1.57. The number of thioether (sulfide) groups is 1. The van der Waals surface area contributed by atoms with Crippen LogP contribution in [0.3, 0.4) is 0 Å². The molecule has 0 spiro atoms. The Hall–Kier alpha value is 0.220. The molecule has 114 valence electrons. The van der Waals surface area contributed by atoms with Crippen molar-refractivity contribution in [3.05, 3.63) is 0 Å². The summed E-state index contributed by atoms with van der Waals surface area (Å²) >= 11 is 1.74. The lowest BCUT2D eigenvalue weighted by Gasteiger charge is -2.38. The Labute approximate surface area is 122 Å². The van der Waals surface area contributed by atoms with Crippen LogP contribution in [0.4, 0.5) is 0 Å². The molecule has 2 atom stereocenters. The van der Waals surface area contributed by atoms with Gasteiger partial charge in [-0.05, 0) is 19.8 Å². The van der Waals surface area contributed by atoms with Gasteiger partial charge in [0.25, 0.3) is 0 Å². The first-order valence-electron chi connectivity index (χ1n) is 7.15. The maximum Gasteiger partial charge on any atom is 0.164 e. The maximum atomic E-state index is 11.9. The topological polar surface area (TPSA) is 49.4 Å². The highest BCUT2D eigenvalue weighted by Gasteiger charge is 2.33. The van der Waals surface area contributed by atoms with E-state index in [1.54, 1.807) is 11.8 Å². The molecular formula is C13H28N2O2S2. The van der Waals surface area contributed by atoms with Crippen LogP contribution >= 0.6 is 11.8 Å². The third-order valence-corrected chi connectivity index (χ3v) is 6.53. The zero-order valence-corrected chi connectivity index (χ0v) is 14.2. The first-order valence-corrected chi connectivity index (χ1v) is 10.3. The van der Waals surface area contributed by atoms with E-state index in [1.807, 2.05) is 0 Å². The minimum atomic E-state index is -2.99. The standard InChI is InChI=1S/C13H28N2O2S2/c1-5-12(6-2)14-9-11(3)15-7-8-18-10-13(15)19(4,16)17/h11-14H,5-10H2,1-4H3. The van der Waals surface area contributed by atoms with Gasteiger partial charge in [0, 0.05) is 42.9 Å². The Bertz CT molecular complexity index is 356. The van der Waals surface area contributed by atoms with E-state index in [9.17, 15) is 8.42 Å². The molecule has 0 aromatic rings. The van der Waals surface area contributed by atoms with Gasteiger partial charge in [0.05, 0.1) is 0 Å². The van der Waals surface area contributed by atoms with Crippen LogP contribution in [0.5, 0.6) is 0 Å². The third kappa shape index (κ3) is 5.25. The highest BCUT2D eigenvalue weighted by Crippen LogP contribution is 2.22. The van der Waals surface area contributed by atoms with Crippen LogP contribution in [0, 0.1) is 0 Å². The summed E-state index contributed by atoms with van der Waals surface area (Å²) in [4.78, 5) is 2.15. The number of hydrogen-bond donors (Lipinski definition) is 1. The van der Waals surface area contributed by atoms with Gasteiger partial charge in [0.1, 0.15) is 5.37 Å². The first-order chi connectivity index (χ1) is 8.90. The number of sulfone groups is 1. The van der Waals surface area contributed by atoms with Crippen molar-refractivity contribution in [2.45, 2.75) is 51.1 Å². The van der Waals surface area contributed by atoms with Crippen LogP contribution in [0.15, 0.2) is 0 Å². The van der Waals surface area contributed by atoms with Crippen LogP contribution in [0.2, 0.25) is 0 Å². The van der Waals surface area contributed by atoms with Crippen molar-refractivity contribution in [1.82, 2.24) is 10.2 Å². The van der Waals surface area contributed by atoms with Gasteiger partial charge in [-0.2, -0.15) is 11.8 Å². The van der Waals surface area contributed by atoms with Crippen molar-refractivity contribution in [1.29, 1.82) is 0 Å². The van der Waals surface area contributed by atoms with E-state index in [0.717, 1.165) is 31.7 Å². The Kier molecular flexibility index (Phi) is 7.14. The zero-order valence-electron chi connectivity index (χ0n) is 12.6. The van der Waals surface area contributed by atoms with Crippen LogP contribution in [-0.2, 0) is 9.84 Å². The quantitative estimate of drug-likeness (QED) is 0.774. The molecule has 0 aromatic heterocycles. The molecule has 1 saturated heterocycles. The fraction of sp³-hybridized carbons (Fsp3) is 1.00. The van der Waals surface area contributed by atoms with Gasteiger partial charge < -0.3 is 5.32 Å². The fourth-order valence-corrected chi connectivity index (χ4v) is 5.48. The molecule has 1 aliphatic heterocycles. The van der Waals surface area contributed by atoms with E-state index in [-0.39, 0.29) is 11.4 Å². The van der Waals surface area contributed by atoms with Crippen molar-refractivity contribution in [2.75, 3.05) is 30.9 Å². The van der Waals surface area contributed by atoms with Gasteiger partial charge in [-0.25, -0.2) is 8.42 Å². The molecule has 0 aromatic carbocycles. The summed E-state index contributed by atoms with van der Waals surface area (Å²) in [5, 5.41) is 3.23. The molecule has 1 heterocycles. The Balaban J connectivity index is 2.60. The second kappa shape index (κ2) is 7.86. The van der Waals surface area contributed by atoms with Crippen LogP contribution in [0.1, 0.15) is 33.6 Å². The second-order valence-electron chi connectivity index (χ2n) is 5.37. The van der Waals surface area contributed by atoms with Crippen molar-refractivity contribution in [3.63, 3.8) is 0 Å². The molecule has 19 heavy (non-hydrogen) atoms. The minimum absolute atomic E-state index is 0.265. The number of rotatable bonds is 7. The molecule has 1 N–H and O–H groups in total. The molecule has 1 rings (SSSR count). The molecule has 0 bridgehead atoms. The zero-order chi connectivity index (χ0) is 14.5. The monoisotopic (exact) mass is 308 g/mol. The van der Waals surface area contributed by atoms with Crippen molar-refractivity contribution in [2.24, 2.45) is 0 Å². The SMILES string of the molecule is CCC(CC)NCC(C)N1CCSCC1S(C)(=O)=O. The van der Waals surface area contributed by atoms with Gasteiger partial charge in [0.2, 0.25) is 0 Å². The normalized spacial score (nSPS) is 23.7. The van der Waals surface area contributed by atoms with Gasteiger partial charge in [-0.15, -0.1) is 0 Å². The highest BCUT2D eigenvalue weighted by atomic mass is 32.2. The Morgan fingerprint density at radius 3 is 2.53 bits per heavy atom. The summed E-state index contributed by atoms with van der Waals surface area (Å²) in [6.07, 6.45) is 3.60. The van der Waals surface area contributed by atoms with Gasteiger partial charge in [-0.3, -0.25) is 4.90 Å². The Morgan fingerprint density at radius 2 is 2.00 bits per heavy atom. The molecule has 1 aliphatic rings. The van der Waals surface area contributed by atoms with E-state index in [1.165, 1.54) is 6.26 Å². The van der Waals surface area contributed by atoms with Gasteiger partial charge in [-0.1, -0.05) is 13.8 Å². The first kappa shape index (κ1) is 17.3. The van der Waals surface area contributed by atoms with Gasteiger partial charge in [0.15, 0.2) is 9.84 Å². The molecule has 0 saturated carbocycles.